The molecule has 1 fully saturated rings. The van der Waals surface area contributed by atoms with Gasteiger partial charge in [0, 0.05) is 30.0 Å². The molecule has 1 saturated heterocycles. The fourth-order valence-corrected chi connectivity index (χ4v) is 3.55. The maximum absolute atomic E-state index is 12.6. The summed E-state index contributed by atoms with van der Waals surface area (Å²) in [6.07, 6.45) is 1.65. The molecule has 0 atom stereocenters. The van der Waals surface area contributed by atoms with E-state index in [1.54, 1.807) is 0 Å². The fraction of sp³-hybridized carbons (Fsp3) is 0.286. The first kappa shape index (κ1) is 16.5. The molecule has 5 nitrogen and oxygen atoms in total. The van der Waals surface area contributed by atoms with Crippen LogP contribution in [0.3, 0.4) is 0 Å². The van der Waals surface area contributed by atoms with E-state index in [2.05, 4.69) is 5.16 Å². The summed E-state index contributed by atoms with van der Waals surface area (Å²) in [4.78, 5) is 27.0. The van der Waals surface area contributed by atoms with E-state index in [9.17, 15) is 9.59 Å². The summed E-state index contributed by atoms with van der Waals surface area (Å²) < 4.78 is 5.27. The van der Waals surface area contributed by atoms with Crippen molar-refractivity contribution in [2.24, 2.45) is 5.92 Å². The van der Waals surface area contributed by atoms with Gasteiger partial charge in [0.05, 0.1) is 6.42 Å². The van der Waals surface area contributed by atoms with Gasteiger partial charge in [0.1, 0.15) is 5.69 Å². The molecule has 1 aromatic heterocycles. The minimum Gasteiger partial charge on any atom is -0.356 e. The fourth-order valence-electron chi connectivity index (χ4n) is 3.55. The first-order valence-corrected chi connectivity index (χ1v) is 8.92. The number of hydrogen-bond donors (Lipinski definition) is 0. The Labute approximate surface area is 151 Å². The molecule has 0 N–H and O–H groups in total. The largest absolute Gasteiger partial charge is 0.356 e. The number of carbonyl (C=O) groups is 2. The molecule has 0 radical (unpaired) electrons. The summed E-state index contributed by atoms with van der Waals surface area (Å²) in [5.41, 5.74) is 2.13. The van der Waals surface area contributed by atoms with Crippen LogP contribution < -0.4 is 0 Å². The molecule has 1 amide bonds. The van der Waals surface area contributed by atoms with Gasteiger partial charge in [0.25, 0.3) is 0 Å². The summed E-state index contributed by atoms with van der Waals surface area (Å²) in [6.45, 7) is 1.22. The van der Waals surface area contributed by atoms with Crippen molar-refractivity contribution >= 4 is 22.7 Å². The van der Waals surface area contributed by atoms with E-state index < -0.39 is 0 Å². The van der Waals surface area contributed by atoms with Crippen molar-refractivity contribution in [3.05, 3.63) is 65.9 Å². The van der Waals surface area contributed by atoms with Crippen molar-refractivity contribution in [3.63, 3.8) is 0 Å². The van der Waals surface area contributed by atoms with Crippen LogP contribution in [-0.4, -0.2) is 34.8 Å². The quantitative estimate of drug-likeness (QED) is 0.677. The second-order valence-corrected chi connectivity index (χ2v) is 6.69. The van der Waals surface area contributed by atoms with Gasteiger partial charge in [0.2, 0.25) is 5.91 Å². The van der Waals surface area contributed by atoms with Gasteiger partial charge in [-0.1, -0.05) is 47.6 Å². The van der Waals surface area contributed by atoms with Gasteiger partial charge >= 0.3 is 0 Å². The summed E-state index contributed by atoms with van der Waals surface area (Å²) in [6, 6.07) is 16.9. The number of aromatic nitrogens is 1. The number of Topliss-reactive ketones (excluding diaryl/α,β-unsaturated/α-hetero) is 1. The monoisotopic (exact) mass is 348 g/mol. The second kappa shape index (κ2) is 7.12. The molecule has 0 unspecified atom stereocenters. The molecular weight excluding hydrogens is 328 g/mol. The highest BCUT2D eigenvalue weighted by atomic mass is 16.5. The van der Waals surface area contributed by atoms with Crippen molar-refractivity contribution in [2.45, 2.75) is 19.3 Å². The van der Waals surface area contributed by atoms with E-state index in [1.165, 1.54) is 0 Å². The Morgan fingerprint density at radius 3 is 2.46 bits per heavy atom. The predicted octanol–water partition coefficient (Wildman–Crippen LogP) is 3.49. The normalized spacial score (nSPS) is 15.3. The van der Waals surface area contributed by atoms with Crippen LogP contribution in [-0.2, 0) is 11.2 Å². The molecule has 2 heterocycles. The molecule has 0 bridgehead atoms. The van der Waals surface area contributed by atoms with E-state index in [1.807, 2.05) is 59.5 Å². The molecule has 1 aliphatic rings. The number of piperidine rings is 1. The minimum atomic E-state index is -0.00525. The third-order valence-corrected chi connectivity index (χ3v) is 5.05. The third-order valence-electron chi connectivity index (χ3n) is 5.05. The van der Waals surface area contributed by atoms with Crippen molar-refractivity contribution in [3.8, 4) is 0 Å². The maximum Gasteiger partial charge on any atom is 0.228 e. The van der Waals surface area contributed by atoms with E-state index >= 15 is 0 Å². The Morgan fingerprint density at radius 1 is 1.00 bits per heavy atom. The number of fused-ring (bicyclic) bond motifs is 1. The number of para-hydroxylation sites is 1. The zero-order chi connectivity index (χ0) is 17.9. The smallest absolute Gasteiger partial charge is 0.228 e. The summed E-state index contributed by atoms with van der Waals surface area (Å²) in [7, 11) is 0. The molecule has 0 aliphatic carbocycles. The van der Waals surface area contributed by atoms with E-state index in [-0.39, 0.29) is 24.0 Å². The van der Waals surface area contributed by atoms with Crippen LogP contribution in [0.15, 0.2) is 59.1 Å². The number of benzene rings is 2. The molecule has 3 aromatic rings. The Kier molecular flexibility index (Phi) is 4.52. The summed E-state index contributed by atoms with van der Waals surface area (Å²) in [5, 5.41) is 4.92. The maximum atomic E-state index is 12.6. The highest BCUT2D eigenvalue weighted by Gasteiger charge is 2.28. The van der Waals surface area contributed by atoms with E-state index in [0.29, 0.717) is 37.2 Å². The highest BCUT2D eigenvalue weighted by molar-refractivity contribution is 5.98. The lowest BCUT2D eigenvalue weighted by molar-refractivity contribution is -0.131. The van der Waals surface area contributed by atoms with Crippen LogP contribution in [0.1, 0.15) is 28.9 Å². The van der Waals surface area contributed by atoms with Crippen LogP contribution >= 0.6 is 0 Å². The summed E-state index contributed by atoms with van der Waals surface area (Å²) in [5.74, 6) is 0.212. The first-order valence-electron chi connectivity index (χ1n) is 8.92. The standard InChI is InChI=1S/C21H20N2O3/c24-20(14-18-17-8-4-5-9-19(17)26-22-18)23-12-10-16(11-13-23)21(25)15-6-2-1-3-7-15/h1-9,16H,10-14H2. The van der Waals surface area contributed by atoms with Crippen molar-refractivity contribution in [2.75, 3.05) is 13.1 Å². The number of rotatable bonds is 4. The topological polar surface area (TPSA) is 63.4 Å². The molecule has 4 rings (SSSR count). The van der Waals surface area contributed by atoms with E-state index in [0.717, 1.165) is 10.9 Å². The number of hydrogen-bond acceptors (Lipinski definition) is 4. The minimum absolute atomic E-state index is 0.00525. The molecule has 132 valence electrons. The van der Waals surface area contributed by atoms with Crippen LogP contribution in [0.25, 0.3) is 11.0 Å². The third kappa shape index (κ3) is 3.25. The Morgan fingerprint density at radius 2 is 1.69 bits per heavy atom. The van der Waals surface area contributed by atoms with Gasteiger partial charge in [-0.25, -0.2) is 0 Å². The number of ketones is 1. The van der Waals surface area contributed by atoms with Gasteiger partial charge in [-0.3, -0.25) is 9.59 Å². The molecule has 2 aromatic carbocycles. The van der Waals surface area contributed by atoms with Crippen molar-refractivity contribution < 1.29 is 14.1 Å². The van der Waals surface area contributed by atoms with Gasteiger partial charge in [-0.15, -0.1) is 0 Å². The predicted molar refractivity (Wildman–Crippen MR) is 97.8 cm³/mol. The number of amides is 1. The molecule has 26 heavy (non-hydrogen) atoms. The molecule has 5 heteroatoms. The Hall–Kier alpha value is -2.95. The average Bonchev–Trinajstić information content (AvgIpc) is 3.11. The average molecular weight is 348 g/mol. The molecule has 0 spiro atoms. The zero-order valence-corrected chi connectivity index (χ0v) is 14.4. The lowest BCUT2D eigenvalue weighted by Gasteiger charge is -2.31. The SMILES string of the molecule is O=C(c1ccccc1)C1CCN(C(=O)Cc2noc3ccccc23)CC1. The molecular formula is C21H20N2O3. The van der Waals surface area contributed by atoms with Crippen LogP contribution in [0, 0.1) is 5.92 Å². The van der Waals surface area contributed by atoms with E-state index in [4.69, 9.17) is 4.52 Å². The van der Waals surface area contributed by atoms with Crippen molar-refractivity contribution in [1.29, 1.82) is 0 Å². The van der Waals surface area contributed by atoms with Gasteiger partial charge < -0.3 is 9.42 Å². The number of carbonyl (C=O) groups excluding carboxylic acids is 2. The molecule has 1 aliphatic heterocycles. The second-order valence-electron chi connectivity index (χ2n) is 6.69. The van der Waals surface area contributed by atoms with Gasteiger partial charge in [-0.2, -0.15) is 0 Å². The zero-order valence-electron chi connectivity index (χ0n) is 14.4. The molecule has 0 saturated carbocycles. The highest BCUT2D eigenvalue weighted by Crippen LogP contribution is 2.23. The lowest BCUT2D eigenvalue weighted by atomic mass is 9.89. The van der Waals surface area contributed by atoms with Crippen molar-refractivity contribution in [1.82, 2.24) is 10.1 Å². The van der Waals surface area contributed by atoms with Crippen LogP contribution in [0.2, 0.25) is 0 Å². The number of likely N-dealkylation sites (tertiary alicyclic amines) is 1. The van der Waals surface area contributed by atoms with Gasteiger partial charge in [0.15, 0.2) is 11.4 Å². The first-order chi connectivity index (χ1) is 12.7. The van der Waals surface area contributed by atoms with Gasteiger partial charge in [-0.05, 0) is 25.0 Å². The lowest BCUT2D eigenvalue weighted by Crippen LogP contribution is -2.41. The Bertz CT molecular complexity index is 925. The van der Waals surface area contributed by atoms with Crippen LogP contribution in [0.4, 0.5) is 0 Å². The van der Waals surface area contributed by atoms with Crippen LogP contribution in [0.5, 0.6) is 0 Å². The number of nitrogens with zero attached hydrogens (tertiary/aromatic N) is 2. The Balaban J connectivity index is 1.37. The summed E-state index contributed by atoms with van der Waals surface area (Å²) >= 11 is 0.